The Morgan fingerprint density at radius 1 is 1.32 bits per heavy atom. The van der Waals surface area contributed by atoms with Crippen LogP contribution in [0.1, 0.15) is 40.5 Å². The Labute approximate surface area is 182 Å². The quantitative estimate of drug-likeness (QED) is 0.627. The highest BCUT2D eigenvalue weighted by Gasteiger charge is 2.35. The Balaban J connectivity index is 1.76. The lowest BCUT2D eigenvalue weighted by Gasteiger charge is -2.31. The van der Waals surface area contributed by atoms with E-state index in [1.807, 2.05) is 42.5 Å². The van der Waals surface area contributed by atoms with Crippen molar-refractivity contribution in [2.45, 2.75) is 30.8 Å². The van der Waals surface area contributed by atoms with Gasteiger partial charge < -0.3 is 20.6 Å². The van der Waals surface area contributed by atoms with Gasteiger partial charge in [0.05, 0.1) is 18.4 Å². The van der Waals surface area contributed by atoms with Gasteiger partial charge in [-0.05, 0) is 41.3 Å². The van der Waals surface area contributed by atoms with E-state index >= 15 is 0 Å². The number of likely N-dealkylation sites (N-methyl/N-ethyl adjacent to an activating group) is 1. The second kappa shape index (κ2) is 8.93. The molecule has 6 heteroatoms. The largest absolute Gasteiger partial charge is 0.392 e. The summed E-state index contributed by atoms with van der Waals surface area (Å²) >= 11 is 0. The minimum atomic E-state index is -0.474. The molecular formula is C25H27N3O3. The van der Waals surface area contributed by atoms with E-state index in [2.05, 4.69) is 21.5 Å². The first-order valence-corrected chi connectivity index (χ1v) is 10.6. The highest BCUT2D eigenvalue weighted by atomic mass is 16.3. The number of carbonyl (C=O) groups excluding carboxylic acids is 2. The molecule has 2 aromatic carbocycles. The zero-order chi connectivity index (χ0) is 22.0. The second-order valence-corrected chi connectivity index (χ2v) is 8.31. The van der Waals surface area contributed by atoms with Gasteiger partial charge in [0.15, 0.2) is 0 Å². The van der Waals surface area contributed by atoms with E-state index in [9.17, 15) is 14.7 Å². The summed E-state index contributed by atoms with van der Waals surface area (Å²) in [6.45, 7) is 1.99. The van der Waals surface area contributed by atoms with Crippen LogP contribution in [0, 0.1) is 12.3 Å². The van der Waals surface area contributed by atoms with Crippen LogP contribution in [0.5, 0.6) is 0 Å². The molecule has 0 bridgehead atoms. The minimum absolute atomic E-state index is 0.0343. The maximum absolute atomic E-state index is 13.2. The van der Waals surface area contributed by atoms with Gasteiger partial charge in [-0.25, -0.2) is 0 Å². The molecule has 0 spiro atoms. The van der Waals surface area contributed by atoms with Gasteiger partial charge in [-0.1, -0.05) is 30.2 Å². The molecule has 1 saturated heterocycles. The lowest BCUT2D eigenvalue weighted by molar-refractivity contribution is -0.122. The molecule has 6 nitrogen and oxygen atoms in total. The molecule has 0 aliphatic carbocycles. The molecule has 4 rings (SSSR count). The van der Waals surface area contributed by atoms with Crippen molar-refractivity contribution in [2.75, 3.05) is 32.0 Å². The maximum atomic E-state index is 13.2. The van der Waals surface area contributed by atoms with Crippen molar-refractivity contribution in [3.63, 3.8) is 0 Å². The summed E-state index contributed by atoms with van der Waals surface area (Å²) in [5, 5.41) is 15.7. The Bertz CT molecular complexity index is 1040. The number of rotatable bonds is 6. The number of likely N-dealkylation sites (tertiary alicyclic amines) is 1. The van der Waals surface area contributed by atoms with Crippen molar-refractivity contribution >= 4 is 17.5 Å². The molecule has 31 heavy (non-hydrogen) atoms. The van der Waals surface area contributed by atoms with Crippen LogP contribution < -0.4 is 10.6 Å². The Morgan fingerprint density at radius 2 is 2.16 bits per heavy atom. The van der Waals surface area contributed by atoms with Crippen LogP contribution in [0.2, 0.25) is 0 Å². The van der Waals surface area contributed by atoms with E-state index in [1.165, 1.54) is 0 Å². The van der Waals surface area contributed by atoms with Gasteiger partial charge in [-0.3, -0.25) is 9.59 Å². The summed E-state index contributed by atoms with van der Waals surface area (Å²) in [5.74, 6) is 1.90. The number of hydrogen-bond donors (Lipinski definition) is 3. The highest BCUT2D eigenvalue weighted by Crippen LogP contribution is 2.38. The number of benzene rings is 2. The number of hydrogen-bond acceptors (Lipinski definition) is 4. The smallest absolute Gasteiger partial charge is 0.228 e. The topological polar surface area (TPSA) is 81.7 Å². The van der Waals surface area contributed by atoms with Crippen LogP contribution in [-0.2, 0) is 16.0 Å². The molecule has 2 aromatic rings. The molecule has 0 radical (unpaired) electrons. The van der Waals surface area contributed by atoms with E-state index in [4.69, 9.17) is 6.42 Å². The standard InChI is InChI=1S/C25H27N3O3/c1-3-16-5-4-6-17(11-16)21(15-28-10-9-20(29)14-28)24(25(31)26-2)19-8-7-18-13-23(30)27-22(18)12-19/h1,4-8,11-12,20-21,24,29H,9-10,13-15H2,2H3,(H,26,31)(H,27,30)/t20-,21+,24?/m0/s1. The van der Waals surface area contributed by atoms with Crippen molar-refractivity contribution in [2.24, 2.45) is 0 Å². The lowest BCUT2D eigenvalue weighted by atomic mass is 9.79. The van der Waals surface area contributed by atoms with Gasteiger partial charge in [0.1, 0.15) is 0 Å². The van der Waals surface area contributed by atoms with Crippen LogP contribution >= 0.6 is 0 Å². The predicted octanol–water partition coefficient (Wildman–Crippen LogP) is 1.84. The first-order valence-electron chi connectivity index (χ1n) is 10.6. The third-order valence-corrected chi connectivity index (χ3v) is 6.23. The number of nitrogens with zero attached hydrogens (tertiary/aromatic N) is 1. The molecule has 3 atom stereocenters. The molecule has 2 heterocycles. The SMILES string of the molecule is C#Cc1cccc([C@@H](CN2CC[C@H](O)C2)C(C(=O)NC)c2ccc3c(c2)NC(=O)C3)c1. The molecule has 0 aromatic heterocycles. The van der Waals surface area contributed by atoms with E-state index in [0.717, 1.165) is 40.9 Å². The number of β-amino-alcohol motifs (C(OH)–C–C–N with tert-alkyl or cyclic N) is 1. The van der Waals surface area contributed by atoms with Gasteiger partial charge in [0, 0.05) is 43.9 Å². The summed E-state index contributed by atoms with van der Waals surface area (Å²) in [6, 6.07) is 13.5. The molecule has 1 fully saturated rings. The van der Waals surface area contributed by atoms with Crippen molar-refractivity contribution in [3.05, 3.63) is 64.7 Å². The van der Waals surface area contributed by atoms with Crippen LogP contribution in [0.4, 0.5) is 5.69 Å². The fraction of sp³-hybridized carbons (Fsp3) is 0.360. The fourth-order valence-corrected chi connectivity index (χ4v) is 4.67. The molecule has 2 aliphatic rings. The van der Waals surface area contributed by atoms with Crippen molar-refractivity contribution < 1.29 is 14.7 Å². The fourth-order valence-electron chi connectivity index (χ4n) is 4.67. The summed E-state index contributed by atoms with van der Waals surface area (Å²) in [4.78, 5) is 27.2. The van der Waals surface area contributed by atoms with E-state index in [-0.39, 0.29) is 23.8 Å². The maximum Gasteiger partial charge on any atom is 0.228 e. The van der Waals surface area contributed by atoms with Crippen molar-refractivity contribution in [1.29, 1.82) is 0 Å². The number of aliphatic hydroxyl groups is 1. The Hall–Kier alpha value is -3.14. The normalized spacial score (nSPS) is 19.9. The van der Waals surface area contributed by atoms with E-state index in [0.29, 0.717) is 19.5 Å². The third kappa shape index (κ3) is 4.48. The van der Waals surface area contributed by atoms with Crippen LogP contribution in [0.3, 0.4) is 0 Å². The van der Waals surface area contributed by atoms with Crippen molar-refractivity contribution in [1.82, 2.24) is 10.2 Å². The van der Waals surface area contributed by atoms with Crippen LogP contribution in [-0.4, -0.2) is 54.6 Å². The lowest BCUT2D eigenvalue weighted by Crippen LogP contribution is -2.36. The predicted molar refractivity (Wildman–Crippen MR) is 120 cm³/mol. The molecule has 1 unspecified atom stereocenters. The number of fused-ring (bicyclic) bond motifs is 1. The average molecular weight is 418 g/mol. The molecule has 160 valence electrons. The molecule has 3 N–H and O–H groups in total. The number of terminal acetylenes is 1. The molecule has 2 aliphatic heterocycles. The van der Waals surface area contributed by atoms with E-state index in [1.54, 1.807) is 7.05 Å². The van der Waals surface area contributed by atoms with Crippen LogP contribution in [0.15, 0.2) is 42.5 Å². The van der Waals surface area contributed by atoms with E-state index < -0.39 is 5.92 Å². The summed E-state index contributed by atoms with van der Waals surface area (Å²) in [5.41, 5.74) is 4.30. The summed E-state index contributed by atoms with van der Waals surface area (Å²) in [7, 11) is 1.64. The van der Waals surface area contributed by atoms with Gasteiger partial charge in [-0.15, -0.1) is 6.42 Å². The summed E-state index contributed by atoms with van der Waals surface area (Å²) in [6.07, 6.45) is 6.38. The van der Waals surface area contributed by atoms with Gasteiger partial charge >= 0.3 is 0 Å². The number of carbonyl (C=O) groups is 2. The summed E-state index contributed by atoms with van der Waals surface area (Å²) < 4.78 is 0. The number of amides is 2. The second-order valence-electron chi connectivity index (χ2n) is 8.31. The average Bonchev–Trinajstić information content (AvgIpc) is 3.36. The zero-order valence-electron chi connectivity index (χ0n) is 17.6. The Morgan fingerprint density at radius 3 is 2.87 bits per heavy atom. The highest BCUT2D eigenvalue weighted by molar-refractivity contribution is 5.99. The number of aliphatic hydroxyl groups excluding tert-OH is 1. The van der Waals surface area contributed by atoms with Crippen molar-refractivity contribution in [3.8, 4) is 12.3 Å². The third-order valence-electron chi connectivity index (χ3n) is 6.23. The zero-order valence-corrected chi connectivity index (χ0v) is 17.6. The van der Waals surface area contributed by atoms with Gasteiger partial charge in [0.25, 0.3) is 0 Å². The first-order chi connectivity index (χ1) is 15.0. The molecular weight excluding hydrogens is 390 g/mol. The van der Waals surface area contributed by atoms with Gasteiger partial charge in [0.2, 0.25) is 11.8 Å². The minimum Gasteiger partial charge on any atom is -0.392 e. The van der Waals surface area contributed by atoms with Gasteiger partial charge in [-0.2, -0.15) is 0 Å². The number of anilines is 1. The number of nitrogens with one attached hydrogen (secondary N) is 2. The molecule has 2 amide bonds. The Kier molecular flexibility index (Phi) is 6.08. The molecule has 0 saturated carbocycles. The monoisotopic (exact) mass is 417 g/mol. The first kappa shape index (κ1) is 21.1. The van der Waals surface area contributed by atoms with Crippen LogP contribution in [0.25, 0.3) is 0 Å².